The van der Waals surface area contributed by atoms with E-state index in [1.165, 1.54) is 0 Å². The number of amides is 1. The fraction of sp³-hybridized carbons (Fsp3) is 0.0870. The van der Waals surface area contributed by atoms with E-state index in [1.807, 2.05) is 44.2 Å². The minimum Gasteiger partial charge on any atom is -0.396 e. The maximum Gasteiger partial charge on any atom is 0.255 e. The number of imidazole rings is 1. The van der Waals surface area contributed by atoms with Crippen LogP contribution >= 0.6 is 0 Å². The van der Waals surface area contributed by atoms with Crippen molar-refractivity contribution in [2.24, 2.45) is 0 Å². The Labute approximate surface area is 168 Å². The third kappa shape index (κ3) is 3.48. The Morgan fingerprint density at radius 1 is 1.14 bits per heavy atom. The molecule has 6 heteroatoms. The second-order valence-electron chi connectivity index (χ2n) is 6.97. The normalized spacial score (nSPS) is 10.8. The van der Waals surface area contributed by atoms with Gasteiger partial charge in [-0.15, -0.1) is 0 Å². The van der Waals surface area contributed by atoms with Gasteiger partial charge in [0, 0.05) is 29.2 Å². The molecule has 144 valence electrons. The van der Waals surface area contributed by atoms with Crippen LogP contribution in [0.25, 0.3) is 22.5 Å². The average Bonchev–Trinajstić information content (AvgIpc) is 3.19. The molecule has 0 saturated heterocycles. The summed E-state index contributed by atoms with van der Waals surface area (Å²) < 4.78 is 1.65. The quantitative estimate of drug-likeness (QED) is 0.540. The Balaban J connectivity index is 1.65. The van der Waals surface area contributed by atoms with Gasteiger partial charge in [-0.05, 0) is 49.2 Å². The molecule has 0 saturated carbocycles. The van der Waals surface area contributed by atoms with E-state index in [0.717, 1.165) is 28.0 Å². The highest BCUT2D eigenvalue weighted by atomic mass is 16.1. The van der Waals surface area contributed by atoms with Crippen LogP contribution in [0.2, 0.25) is 0 Å². The number of fused-ring (bicyclic) bond motifs is 1. The molecule has 29 heavy (non-hydrogen) atoms. The summed E-state index contributed by atoms with van der Waals surface area (Å²) in [6.07, 6.45) is 3.41. The van der Waals surface area contributed by atoms with Crippen LogP contribution in [0.5, 0.6) is 0 Å². The predicted molar refractivity (Wildman–Crippen MR) is 117 cm³/mol. The number of nitrogens with zero attached hydrogens (tertiary/aromatic N) is 3. The molecule has 2 heterocycles. The first-order chi connectivity index (χ1) is 13.9. The maximum atomic E-state index is 12.7. The molecule has 2 aromatic heterocycles. The molecule has 6 nitrogen and oxygen atoms in total. The van der Waals surface area contributed by atoms with E-state index >= 15 is 0 Å². The summed E-state index contributed by atoms with van der Waals surface area (Å²) in [5, 5.41) is 7.58. The van der Waals surface area contributed by atoms with Crippen LogP contribution < -0.4 is 11.1 Å². The fourth-order valence-corrected chi connectivity index (χ4v) is 3.22. The number of rotatable bonds is 4. The van der Waals surface area contributed by atoms with Crippen molar-refractivity contribution in [3.05, 3.63) is 84.2 Å². The monoisotopic (exact) mass is 383 g/mol. The van der Waals surface area contributed by atoms with Gasteiger partial charge in [0.1, 0.15) is 0 Å². The standard InChI is InChI=1S/C23H21N5O/c1-14(2)16-7-9-17(10-8-16)23(29)26-20-6-4-5-18(15(20)3)21-13-19(24)22-25-11-12-28(22)27-21/h4-13H,1,24H2,2-3H3,(H,26,29). The zero-order valence-electron chi connectivity index (χ0n) is 16.3. The van der Waals surface area contributed by atoms with E-state index in [-0.39, 0.29) is 5.91 Å². The zero-order chi connectivity index (χ0) is 20.5. The third-order valence-corrected chi connectivity index (χ3v) is 4.89. The van der Waals surface area contributed by atoms with Crippen LogP contribution in [-0.2, 0) is 0 Å². The molecule has 0 unspecified atom stereocenters. The lowest BCUT2D eigenvalue weighted by molar-refractivity contribution is 0.102. The summed E-state index contributed by atoms with van der Waals surface area (Å²) in [7, 11) is 0. The molecule has 2 aromatic carbocycles. The molecule has 0 spiro atoms. The molecular weight excluding hydrogens is 362 g/mol. The number of carbonyl (C=O) groups excluding carboxylic acids is 1. The Morgan fingerprint density at radius 3 is 2.59 bits per heavy atom. The number of aromatic nitrogens is 3. The molecule has 0 fully saturated rings. The number of carbonyl (C=O) groups is 1. The van der Waals surface area contributed by atoms with Crippen molar-refractivity contribution < 1.29 is 4.79 Å². The summed E-state index contributed by atoms with van der Waals surface area (Å²) in [6, 6.07) is 14.9. The van der Waals surface area contributed by atoms with Crippen molar-refractivity contribution in [1.29, 1.82) is 0 Å². The van der Waals surface area contributed by atoms with Gasteiger partial charge in [0.25, 0.3) is 5.91 Å². The van der Waals surface area contributed by atoms with Crippen molar-refractivity contribution in [2.75, 3.05) is 11.1 Å². The molecule has 0 aliphatic heterocycles. The molecule has 0 atom stereocenters. The highest BCUT2D eigenvalue weighted by molar-refractivity contribution is 6.05. The van der Waals surface area contributed by atoms with Gasteiger partial charge < -0.3 is 11.1 Å². The lowest BCUT2D eigenvalue weighted by Gasteiger charge is -2.13. The van der Waals surface area contributed by atoms with E-state index in [1.54, 1.807) is 35.1 Å². The van der Waals surface area contributed by atoms with Crippen LogP contribution in [0.15, 0.2) is 67.5 Å². The molecule has 4 rings (SSSR count). The smallest absolute Gasteiger partial charge is 0.255 e. The van der Waals surface area contributed by atoms with Crippen molar-refractivity contribution in [2.45, 2.75) is 13.8 Å². The number of nitrogens with two attached hydrogens (primary N) is 1. The van der Waals surface area contributed by atoms with Crippen molar-refractivity contribution in [3.8, 4) is 11.3 Å². The lowest BCUT2D eigenvalue weighted by atomic mass is 10.0. The van der Waals surface area contributed by atoms with Gasteiger partial charge in [-0.1, -0.05) is 36.4 Å². The van der Waals surface area contributed by atoms with E-state index < -0.39 is 0 Å². The second kappa shape index (κ2) is 7.24. The number of hydrogen-bond acceptors (Lipinski definition) is 4. The lowest BCUT2D eigenvalue weighted by Crippen LogP contribution is -2.13. The molecule has 4 aromatic rings. The first-order valence-corrected chi connectivity index (χ1v) is 9.21. The highest BCUT2D eigenvalue weighted by Gasteiger charge is 2.13. The molecule has 0 radical (unpaired) electrons. The number of nitrogen functional groups attached to an aromatic ring is 1. The summed E-state index contributed by atoms with van der Waals surface area (Å²) >= 11 is 0. The SMILES string of the molecule is C=C(C)c1ccc(C(=O)Nc2cccc(-c3cc(N)c4nccn4n3)c2C)cc1. The van der Waals surface area contributed by atoms with Gasteiger partial charge in [-0.3, -0.25) is 4.79 Å². The Kier molecular flexibility index (Phi) is 4.60. The average molecular weight is 383 g/mol. The Hall–Kier alpha value is -3.93. The van der Waals surface area contributed by atoms with Crippen LogP contribution in [0.3, 0.4) is 0 Å². The molecule has 0 bridgehead atoms. The predicted octanol–water partition coefficient (Wildman–Crippen LogP) is 4.57. The van der Waals surface area contributed by atoms with Gasteiger partial charge in [0.05, 0.1) is 11.4 Å². The summed E-state index contributed by atoms with van der Waals surface area (Å²) in [6.45, 7) is 7.80. The Bertz CT molecular complexity index is 1240. The van der Waals surface area contributed by atoms with Gasteiger partial charge in [-0.25, -0.2) is 9.50 Å². The van der Waals surface area contributed by atoms with Crippen molar-refractivity contribution in [3.63, 3.8) is 0 Å². The summed E-state index contributed by atoms with van der Waals surface area (Å²) in [5.74, 6) is -0.170. The van der Waals surface area contributed by atoms with Crippen molar-refractivity contribution >= 4 is 28.5 Å². The summed E-state index contributed by atoms with van der Waals surface area (Å²) in [5.41, 5.74) is 13.1. The highest BCUT2D eigenvalue weighted by Crippen LogP contribution is 2.29. The summed E-state index contributed by atoms with van der Waals surface area (Å²) in [4.78, 5) is 16.9. The topological polar surface area (TPSA) is 85.3 Å². The molecule has 0 aliphatic rings. The van der Waals surface area contributed by atoms with Crippen LogP contribution in [0, 0.1) is 6.92 Å². The zero-order valence-corrected chi connectivity index (χ0v) is 16.3. The van der Waals surface area contributed by atoms with E-state index in [9.17, 15) is 4.79 Å². The molecule has 1 amide bonds. The largest absolute Gasteiger partial charge is 0.396 e. The third-order valence-electron chi connectivity index (χ3n) is 4.89. The van der Waals surface area contributed by atoms with E-state index in [0.29, 0.717) is 22.6 Å². The first-order valence-electron chi connectivity index (χ1n) is 9.21. The molecule has 0 aliphatic carbocycles. The van der Waals surface area contributed by atoms with Crippen LogP contribution in [0.1, 0.15) is 28.4 Å². The van der Waals surface area contributed by atoms with E-state index in [2.05, 4.69) is 22.0 Å². The number of benzene rings is 2. The van der Waals surface area contributed by atoms with Gasteiger partial charge >= 0.3 is 0 Å². The minimum atomic E-state index is -0.170. The van der Waals surface area contributed by atoms with Crippen LogP contribution in [-0.4, -0.2) is 20.5 Å². The Morgan fingerprint density at radius 2 is 1.86 bits per heavy atom. The minimum absolute atomic E-state index is 0.170. The molecule has 3 N–H and O–H groups in total. The number of allylic oxidation sites excluding steroid dienone is 1. The number of nitrogens with one attached hydrogen (secondary N) is 1. The first kappa shape index (κ1) is 18.4. The van der Waals surface area contributed by atoms with Crippen molar-refractivity contribution in [1.82, 2.24) is 14.6 Å². The fourth-order valence-electron chi connectivity index (χ4n) is 3.22. The number of hydrogen-bond donors (Lipinski definition) is 2. The van der Waals surface area contributed by atoms with E-state index in [4.69, 9.17) is 5.73 Å². The van der Waals surface area contributed by atoms with Gasteiger partial charge in [0.2, 0.25) is 0 Å². The van der Waals surface area contributed by atoms with Crippen LogP contribution in [0.4, 0.5) is 11.4 Å². The molecular formula is C23H21N5O. The maximum absolute atomic E-state index is 12.7. The second-order valence-corrected chi connectivity index (χ2v) is 6.97. The van der Waals surface area contributed by atoms with Gasteiger partial charge in [-0.2, -0.15) is 5.10 Å². The number of anilines is 2. The van der Waals surface area contributed by atoms with Gasteiger partial charge in [0.15, 0.2) is 5.65 Å².